The van der Waals surface area contributed by atoms with Crippen LogP contribution in [0, 0.1) is 5.82 Å². The van der Waals surface area contributed by atoms with Gasteiger partial charge in [-0.15, -0.1) is 0 Å². The molecule has 0 spiro atoms. The fourth-order valence-corrected chi connectivity index (χ4v) is 1.84. The van der Waals surface area contributed by atoms with Gasteiger partial charge in [0.1, 0.15) is 5.82 Å². The minimum atomic E-state index is -0.893. The van der Waals surface area contributed by atoms with Crippen LogP contribution in [0.1, 0.15) is 18.4 Å². The summed E-state index contributed by atoms with van der Waals surface area (Å²) in [6.07, 6.45) is 3.04. The van der Waals surface area contributed by atoms with Gasteiger partial charge in [-0.05, 0) is 25.0 Å². The van der Waals surface area contributed by atoms with E-state index in [0.717, 1.165) is 5.52 Å². The van der Waals surface area contributed by atoms with Crippen LogP contribution in [0.5, 0.6) is 0 Å². The number of fused-ring (bicyclic) bond motifs is 1. The number of hydrogen-bond donors (Lipinski definition) is 2. The zero-order valence-electron chi connectivity index (χ0n) is 7.55. The number of aromatic nitrogens is 1. The van der Waals surface area contributed by atoms with Crippen molar-refractivity contribution < 1.29 is 9.50 Å². The molecule has 3 heteroatoms. The van der Waals surface area contributed by atoms with Gasteiger partial charge in [0.2, 0.25) is 0 Å². The zero-order valence-corrected chi connectivity index (χ0v) is 7.55. The standard InChI is InChI=1S/C11H10FNO/c12-10-7-3-6-13-9(7)2-1-8(10)11(14)4-5-11/h1-3,6,13-14H,4-5H2. The number of nitrogens with one attached hydrogen (secondary N) is 1. The topological polar surface area (TPSA) is 36.0 Å². The normalized spacial score (nSPS) is 18.7. The van der Waals surface area contributed by atoms with Gasteiger partial charge in [-0.2, -0.15) is 0 Å². The monoisotopic (exact) mass is 191 g/mol. The Bertz CT molecular complexity index is 499. The average Bonchev–Trinajstić information content (AvgIpc) is 2.75. The van der Waals surface area contributed by atoms with Gasteiger partial charge in [0.15, 0.2) is 0 Å². The van der Waals surface area contributed by atoms with E-state index in [4.69, 9.17) is 0 Å². The van der Waals surface area contributed by atoms with E-state index in [1.165, 1.54) is 0 Å². The molecule has 1 aliphatic carbocycles. The van der Waals surface area contributed by atoms with Crippen molar-refractivity contribution in [2.45, 2.75) is 18.4 Å². The molecule has 1 aliphatic rings. The number of hydrogen-bond acceptors (Lipinski definition) is 1. The lowest BCUT2D eigenvalue weighted by Crippen LogP contribution is -2.07. The van der Waals surface area contributed by atoms with Crippen molar-refractivity contribution in [3.63, 3.8) is 0 Å². The van der Waals surface area contributed by atoms with Gasteiger partial charge in [-0.1, -0.05) is 6.07 Å². The van der Waals surface area contributed by atoms with E-state index >= 15 is 0 Å². The van der Waals surface area contributed by atoms with E-state index in [1.807, 2.05) is 6.07 Å². The summed E-state index contributed by atoms with van der Waals surface area (Å²) in [4.78, 5) is 2.94. The Morgan fingerprint density at radius 3 is 2.79 bits per heavy atom. The maximum atomic E-state index is 13.9. The van der Waals surface area contributed by atoms with Crippen LogP contribution in [-0.4, -0.2) is 10.1 Å². The van der Waals surface area contributed by atoms with Crippen LogP contribution in [0.2, 0.25) is 0 Å². The quantitative estimate of drug-likeness (QED) is 0.712. The predicted octanol–water partition coefficient (Wildman–Crippen LogP) is 2.29. The summed E-state index contributed by atoms with van der Waals surface area (Å²) < 4.78 is 13.9. The van der Waals surface area contributed by atoms with E-state index in [1.54, 1.807) is 18.3 Å². The Morgan fingerprint density at radius 2 is 2.07 bits per heavy atom. The molecule has 2 N–H and O–H groups in total. The second-order valence-corrected chi connectivity index (χ2v) is 3.90. The van der Waals surface area contributed by atoms with Crippen molar-refractivity contribution in [3.8, 4) is 0 Å². The van der Waals surface area contributed by atoms with Crippen molar-refractivity contribution in [1.29, 1.82) is 0 Å². The maximum absolute atomic E-state index is 13.9. The summed E-state index contributed by atoms with van der Waals surface area (Å²) in [5, 5.41) is 10.4. The van der Waals surface area contributed by atoms with Crippen molar-refractivity contribution >= 4 is 10.9 Å². The number of halogens is 1. The molecule has 0 aliphatic heterocycles. The van der Waals surface area contributed by atoms with Gasteiger partial charge in [0.05, 0.1) is 5.60 Å². The third-order valence-corrected chi connectivity index (χ3v) is 2.89. The third-order valence-electron chi connectivity index (χ3n) is 2.89. The molecule has 0 unspecified atom stereocenters. The molecule has 0 radical (unpaired) electrons. The lowest BCUT2D eigenvalue weighted by molar-refractivity contribution is 0.147. The molecular weight excluding hydrogens is 181 g/mol. The number of aromatic amines is 1. The highest BCUT2D eigenvalue weighted by molar-refractivity contribution is 5.81. The summed E-state index contributed by atoms with van der Waals surface area (Å²) in [6, 6.07) is 5.17. The first kappa shape index (κ1) is 8.00. The van der Waals surface area contributed by atoms with Gasteiger partial charge >= 0.3 is 0 Å². The molecule has 0 atom stereocenters. The SMILES string of the molecule is OC1(c2ccc3[nH]ccc3c2F)CC1. The second kappa shape index (κ2) is 2.36. The molecule has 3 rings (SSSR count). The van der Waals surface area contributed by atoms with Gasteiger partial charge in [-0.3, -0.25) is 0 Å². The number of rotatable bonds is 1. The predicted molar refractivity (Wildman–Crippen MR) is 51.4 cm³/mol. The molecule has 1 fully saturated rings. The molecule has 1 saturated carbocycles. The fourth-order valence-electron chi connectivity index (χ4n) is 1.84. The zero-order chi connectivity index (χ0) is 9.76. The number of aliphatic hydroxyl groups is 1. The molecule has 0 saturated heterocycles. The third kappa shape index (κ3) is 0.930. The molecular formula is C11H10FNO. The Kier molecular flexibility index (Phi) is 1.35. The smallest absolute Gasteiger partial charge is 0.138 e. The molecule has 0 bridgehead atoms. The van der Waals surface area contributed by atoms with Crippen LogP contribution in [0.15, 0.2) is 24.4 Å². The van der Waals surface area contributed by atoms with E-state index in [-0.39, 0.29) is 5.82 Å². The molecule has 2 nitrogen and oxygen atoms in total. The van der Waals surface area contributed by atoms with Gasteiger partial charge < -0.3 is 10.1 Å². The van der Waals surface area contributed by atoms with E-state index in [2.05, 4.69) is 4.98 Å². The van der Waals surface area contributed by atoms with Crippen LogP contribution in [0.25, 0.3) is 10.9 Å². The van der Waals surface area contributed by atoms with Crippen LogP contribution < -0.4 is 0 Å². The van der Waals surface area contributed by atoms with Crippen LogP contribution in [0.4, 0.5) is 4.39 Å². The lowest BCUT2D eigenvalue weighted by atomic mass is 10.0. The van der Waals surface area contributed by atoms with Crippen molar-refractivity contribution in [3.05, 3.63) is 35.8 Å². The molecule has 1 aromatic heterocycles. The maximum Gasteiger partial charge on any atom is 0.138 e. The summed E-state index contributed by atoms with van der Waals surface area (Å²) in [5.74, 6) is -0.288. The average molecular weight is 191 g/mol. The van der Waals surface area contributed by atoms with Crippen molar-refractivity contribution in [2.24, 2.45) is 0 Å². The molecule has 2 aromatic rings. The summed E-state index contributed by atoms with van der Waals surface area (Å²) in [7, 11) is 0. The summed E-state index contributed by atoms with van der Waals surface area (Å²) in [5.41, 5.74) is 0.315. The van der Waals surface area contributed by atoms with Crippen LogP contribution >= 0.6 is 0 Å². The van der Waals surface area contributed by atoms with Crippen molar-refractivity contribution in [2.75, 3.05) is 0 Å². The van der Waals surface area contributed by atoms with E-state index in [0.29, 0.717) is 23.8 Å². The van der Waals surface area contributed by atoms with E-state index in [9.17, 15) is 9.50 Å². The highest BCUT2D eigenvalue weighted by Gasteiger charge is 2.44. The van der Waals surface area contributed by atoms with E-state index < -0.39 is 5.60 Å². The Labute approximate surface area is 80.4 Å². The largest absolute Gasteiger partial charge is 0.385 e. The minimum absolute atomic E-state index is 0.288. The highest BCUT2D eigenvalue weighted by atomic mass is 19.1. The molecule has 1 aromatic carbocycles. The van der Waals surface area contributed by atoms with Crippen molar-refractivity contribution in [1.82, 2.24) is 4.98 Å². The van der Waals surface area contributed by atoms with Crippen LogP contribution in [-0.2, 0) is 5.60 Å². The summed E-state index contributed by atoms with van der Waals surface area (Å²) in [6.45, 7) is 0. The molecule has 0 amide bonds. The highest BCUT2D eigenvalue weighted by Crippen LogP contribution is 2.47. The van der Waals surface area contributed by atoms with Crippen LogP contribution in [0.3, 0.4) is 0 Å². The van der Waals surface area contributed by atoms with Gasteiger partial charge in [0.25, 0.3) is 0 Å². The molecule has 14 heavy (non-hydrogen) atoms. The van der Waals surface area contributed by atoms with Gasteiger partial charge in [-0.25, -0.2) is 4.39 Å². The van der Waals surface area contributed by atoms with Gasteiger partial charge in [0, 0.05) is 22.7 Å². The Hall–Kier alpha value is -1.35. The first-order valence-electron chi connectivity index (χ1n) is 4.69. The fraction of sp³-hybridized carbons (Fsp3) is 0.273. The summed E-state index contributed by atoms with van der Waals surface area (Å²) >= 11 is 0. The lowest BCUT2D eigenvalue weighted by Gasteiger charge is -2.09. The molecule has 72 valence electrons. The first-order chi connectivity index (χ1) is 6.71. The minimum Gasteiger partial charge on any atom is -0.385 e. The number of benzene rings is 1. The number of H-pyrrole nitrogens is 1. The second-order valence-electron chi connectivity index (χ2n) is 3.90. The Balaban J connectivity index is 2.30. The Morgan fingerprint density at radius 1 is 1.29 bits per heavy atom. The molecule has 1 heterocycles. The first-order valence-corrected chi connectivity index (χ1v) is 4.69.